The van der Waals surface area contributed by atoms with Crippen molar-refractivity contribution < 1.29 is 0 Å². The quantitative estimate of drug-likeness (QED) is 0.557. The number of nitrogens with zero attached hydrogens (tertiary/aromatic N) is 4. The first-order chi connectivity index (χ1) is 10.2. The fraction of sp³-hybridized carbons (Fsp3) is 0.0667. The molecule has 3 N–H and O–H groups in total. The number of nitrogen functional groups attached to an aromatic ring is 1. The Balaban J connectivity index is 2.05. The predicted molar refractivity (Wildman–Crippen MR) is 81.6 cm³/mol. The number of anilines is 1. The van der Waals surface area contributed by atoms with Crippen LogP contribution in [0.3, 0.4) is 0 Å². The number of aryl methyl sites for hydroxylation is 1. The zero-order valence-electron chi connectivity index (χ0n) is 11.3. The van der Waals surface area contributed by atoms with Crippen LogP contribution in [0, 0.1) is 6.92 Å². The molecular formula is C15H12N6. The SMILES string of the molecule is Cc1nc(N)c2cccc(-c3cnc4[nH]ncc4c3)c2n1. The lowest BCUT2D eigenvalue weighted by Gasteiger charge is -2.08. The summed E-state index contributed by atoms with van der Waals surface area (Å²) in [6.45, 7) is 1.84. The van der Waals surface area contributed by atoms with Crippen LogP contribution >= 0.6 is 0 Å². The molecule has 1 aromatic carbocycles. The van der Waals surface area contributed by atoms with Gasteiger partial charge in [0, 0.05) is 28.1 Å². The number of aromatic nitrogens is 5. The number of nitrogens with two attached hydrogens (primary N) is 1. The summed E-state index contributed by atoms with van der Waals surface area (Å²) in [6.07, 6.45) is 3.56. The highest BCUT2D eigenvalue weighted by Crippen LogP contribution is 2.30. The molecular weight excluding hydrogens is 264 g/mol. The fourth-order valence-corrected chi connectivity index (χ4v) is 2.51. The monoisotopic (exact) mass is 276 g/mol. The van der Waals surface area contributed by atoms with E-state index in [1.165, 1.54) is 0 Å². The summed E-state index contributed by atoms with van der Waals surface area (Å²) in [5.41, 5.74) is 9.57. The van der Waals surface area contributed by atoms with Gasteiger partial charge in [-0.25, -0.2) is 15.0 Å². The van der Waals surface area contributed by atoms with Crippen molar-refractivity contribution in [3.8, 4) is 11.1 Å². The number of para-hydroxylation sites is 1. The smallest absolute Gasteiger partial charge is 0.155 e. The lowest BCUT2D eigenvalue weighted by Crippen LogP contribution is -1.98. The van der Waals surface area contributed by atoms with Gasteiger partial charge in [0.25, 0.3) is 0 Å². The van der Waals surface area contributed by atoms with Crippen LogP contribution in [0.2, 0.25) is 0 Å². The van der Waals surface area contributed by atoms with Crippen molar-refractivity contribution in [3.63, 3.8) is 0 Å². The first-order valence-corrected chi connectivity index (χ1v) is 6.55. The van der Waals surface area contributed by atoms with Gasteiger partial charge in [0.15, 0.2) is 5.65 Å². The van der Waals surface area contributed by atoms with Crippen LogP contribution in [0.1, 0.15) is 5.82 Å². The van der Waals surface area contributed by atoms with Gasteiger partial charge in [0.1, 0.15) is 11.6 Å². The van der Waals surface area contributed by atoms with Crippen molar-refractivity contribution in [1.29, 1.82) is 0 Å². The van der Waals surface area contributed by atoms with Crippen LogP contribution in [-0.4, -0.2) is 25.1 Å². The molecule has 6 heteroatoms. The molecule has 6 nitrogen and oxygen atoms in total. The van der Waals surface area contributed by atoms with Crippen LogP contribution in [0.5, 0.6) is 0 Å². The molecule has 0 amide bonds. The van der Waals surface area contributed by atoms with E-state index in [9.17, 15) is 0 Å². The second-order valence-corrected chi connectivity index (χ2v) is 4.89. The molecule has 0 aliphatic rings. The van der Waals surface area contributed by atoms with Crippen LogP contribution in [0.15, 0.2) is 36.7 Å². The maximum atomic E-state index is 6.00. The van der Waals surface area contributed by atoms with Crippen LogP contribution in [-0.2, 0) is 0 Å². The fourth-order valence-electron chi connectivity index (χ4n) is 2.51. The Bertz CT molecular complexity index is 972. The molecule has 0 spiro atoms. The molecule has 0 saturated heterocycles. The summed E-state index contributed by atoms with van der Waals surface area (Å²) in [4.78, 5) is 13.1. The number of hydrogen-bond donors (Lipinski definition) is 2. The van der Waals surface area contributed by atoms with Crippen molar-refractivity contribution in [1.82, 2.24) is 25.1 Å². The Hall–Kier alpha value is -3.02. The van der Waals surface area contributed by atoms with Gasteiger partial charge in [0.2, 0.25) is 0 Å². The van der Waals surface area contributed by atoms with Gasteiger partial charge in [-0.05, 0) is 19.1 Å². The second kappa shape index (κ2) is 4.24. The van der Waals surface area contributed by atoms with E-state index in [0.29, 0.717) is 11.6 Å². The maximum Gasteiger partial charge on any atom is 0.155 e. The van der Waals surface area contributed by atoms with Crippen molar-refractivity contribution >= 4 is 27.8 Å². The molecule has 0 bridgehead atoms. The van der Waals surface area contributed by atoms with Crippen LogP contribution in [0.25, 0.3) is 33.1 Å². The average Bonchev–Trinajstić information content (AvgIpc) is 2.94. The predicted octanol–water partition coefficient (Wildman–Crippen LogP) is 2.46. The molecule has 3 aromatic heterocycles. The molecule has 0 aliphatic carbocycles. The first kappa shape index (κ1) is 11.8. The molecule has 4 aromatic rings. The van der Waals surface area contributed by atoms with E-state index in [0.717, 1.165) is 33.1 Å². The molecule has 0 fully saturated rings. The summed E-state index contributed by atoms with van der Waals surface area (Å²) >= 11 is 0. The molecule has 4 rings (SSSR count). The van der Waals surface area contributed by atoms with Gasteiger partial charge in [-0.15, -0.1) is 0 Å². The number of hydrogen-bond acceptors (Lipinski definition) is 5. The van der Waals surface area contributed by atoms with Gasteiger partial charge >= 0.3 is 0 Å². The highest BCUT2D eigenvalue weighted by molar-refractivity contribution is 5.99. The standard InChI is InChI=1S/C15H12N6/c1-8-19-13-11(3-2-4-12(13)14(16)20-8)9-5-10-7-18-21-15(10)17-6-9/h2-7H,1H3,(H2,16,19,20)(H,17,18,21). The zero-order valence-corrected chi connectivity index (χ0v) is 11.3. The maximum absolute atomic E-state index is 6.00. The van der Waals surface area contributed by atoms with Gasteiger partial charge in [-0.3, -0.25) is 5.10 Å². The molecule has 0 atom stereocenters. The third-order valence-electron chi connectivity index (χ3n) is 3.47. The zero-order chi connectivity index (χ0) is 14.4. The third-order valence-corrected chi connectivity index (χ3v) is 3.47. The van der Waals surface area contributed by atoms with Gasteiger partial charge in [-0.1, -0.05) is 12.1 Å². The Kier molecular flexibility index (Phi) is 2.38. The molecule has 21 heavy (non-hydrogen) atoms. The second-order valence-electron chi connectivity index (χ2n) is 4.89. The largest absolute Gasteiger partial charge is 0.383 e. The van der Waals surface area contributed by atoms with E-state index in [1.54, 1.807) is 6.20 Å². The number of aromatic amines is 1. The Morgan fingerprint density at radius 1 is 1.14 bits per heavy atom. The minimum Gasteiger partial charge on any atom is -0.383 e. The topological polar surface area (TPSA) is 93.4 Å². The van der Waals surface area contributed by atoms with Crippen molar-refractivity contribution in [2.75, 3.05) is 5.73 Å². The number of nitrogens with one attached hydrogen (secondary N) is 1. The number of pyridine rings is 1. The number of H-pyrrole nitrogens is 1. The highest BCUT2D eigenvalue weighted by Gasteiger charge is 2.10. The summed E-state index contributed by atoms with van der Waals surface area (Å²) in [6, 6.07) is 7.93. The lowest BCUT2D eigenvalue weighted by atomic mass is 10.0. The summed E-state index contributed by atoms with van der Waals surface area (Å²) in [7, 11) is 0. The average molecular weight is 276 g/mol. The van der Waals surface area contributed by atoms with Gasteiger partial charge in [0.05, 0.1) is 11.7 Å². The Labute approximate surface area is 120 Å². The summed E-state index contributed by atoms with van der Waals surface area (Å²) in [5.74, 6) is 1.15. The summed E-state index contributed by atoms with van der Waals surface area (Å²) in [5, 5.41) is 8.65. The van der Waals surface area contributed by atoms with Crippen molar-refractivity contribution in [2.45, 2.75) is 6.92 Å². The Morgan fingerprint density at radius 3 is 2.95 bits per heavy atom. The van der Waals surface area contributed by atoms with Gasteiger partial charge < -0.3 is 5.73 Å². The molecule has 0 unspecified atom stereocenters. The van der Waals surface area contributed by atoms with Gasteiger partial charge in [-0.2, -0.15) is 5.10 Å². The first-order valence-electron chi connectivity index (χ1n) is 6.55. The minimum atomic E-state index is 0.497. The van der Waals surface area contributed by atoms with E-state index < -0.39 is 0 Å². The minimum absolute atomic E-state index is 0.497. The molecule has 0 aliphatic heterocycles. The van der Waals surface area contributed by atoms with E-state index >= 15 is 0 Å². The number of benzene rings is 1. The van der Waals surface area contributed by atoms with Crippen molar-refractivity contribution in [2.24, 2.45) is 0 Å². The molecule has 0 radical (unpaired) electrons. The van der Waals surface area contributed by atoms with E-state index in [1.807, 2.05) is 37.4 Å². The summed E-state index contributed by atoms with van der Waals surface area (Å²) < 4.78 is 0. The third kappa shape index (κ3) is 1.80. The molecule has 0 saturated carbocycles. The molecule has 102 valence electrons. The lowest BCUT2D eigenvalue weighted by molar-refractivity contribution is 1.10. The van der Waals surface area contributed by atoms with E-state index in [2.05, 4.69) is 25.1 Å². The van der Waals surface area contributed by atoms with Crippen LogP contribution < -0.4 is 5.73 Å². The van der Waals surface area contributed by atoms with E-state index in [-0.39, 0.29) is 0 Å². The number of fused-ring (bicyclic) bond motifs is 2. The highest BCUT2D eigenvalue weighted by atomic mass is 15.1. The normalized spacial score (nSPS) is 11.3. The number of rotatable bonds is 1. The van der Waals surface area contributed by atoms with Crippen LogP contribution in [0.4, 0.5) is 5.82 Å². The van der Waals surface area contributed by atoms with E-state index in [4.69, 9.17) is 5.73 Å². The molecule has 3 heterocycles. The Morgan fingerprint density at radius 2 is 2.05 bits per heavy atom. The van der Waals surface area contributed by atoms with Crippen molar-refractivity contribution in [3.05, 3.63) is 42.5 Å².